The average Bonchev–Trinajstić information content (AvgIpc) is 3.24. The van der Waals surface area contributed by atoms with Gasteiger partial charge >= 0.3 is 0 Å². The van der Waals surface area contributed by atoms with Crippen LogP contribution in [0.1, 0.15) is 11.1 Å². The van der Waals surface area contributed by atoms with Crippen LogP contribution < -0.4 is 10.2 Å². The summed E-state index contributed by atoms with van der Waals surface area (Å²) in [6.45, 7) is 7.58. The van der Waals surface area contributed by atoms with E-state index in [1.54, 1.807) is 12.1 Å². The number of piperidine rings is 1. The molecule has 3 aliphatic rings. The van der Waals surface area contributed by atoms with Gasteiger partial charge in [0.2, 0.25) is 5.91 Å². The molecular formula is C24H28FN3O2. The molecule has 0 bridgehead atoms. The number of halogens is 1. The van der Waals surface area contributed by atoms with E-state index < -0.39 is 0 Å². The Morgan fingerprint density at radius 2 is 1.90 bits per heavy atom. The van der Waals surface area contributed by atoms with Gasteiger partial charge in [0.25, 0.3) is 0 Å². The number of ether oxygens (including phenoxy) is 1. The molecule has 5 nitrogen and oxygen atoms in total. The van der Waals surface area contributed by atoms with Gasteiger partial charge in [0.15, 0.2) is 0 Å². The lowest BCUT2D eigenvalue weighted by Crippen LogP contribution is -2.36. The first-order valence-corrected chi connectivity index (χ1v) is 10.8. The van der Waals surface area contributed by atoms with E-state index in [1.165, 1.54) is 17.2 Å². The summed E-state index contributed by atoms with van der Waals surface area (Å²) >= 11 is 0. The maximum absolute atomic E-state index is 14.6. The molecule has 2 atom stereocenters. The Balaban J connectivity index is 1.15. The molecule has 1 saturated carbocycles. The van der Waals surface area contributed by atoms with E-state index in [0.29, 0.717) is 49.5 Å². The fourth-order valence-electron chi connectivity index (χ4n) is 5.07. The van der Waals surface area contributed by atoms with E-state index in [4.69, 9.17) is 4.74 Å². The highest BCUT2D eigenvalue weighted by Crippen LogP contribution is 2.52. The van der Waals surface area contributed by atoms with Gasteiger partial charge in [-0.15, -0.1) is 0 Å². The standard InChI is InChI=1S/C24H28FN3O2/c1-16-3-2-4-17(11-16)13-27-14-19-20(15-27)23(19)24(29)26-18-5-6-22(21(25)12-18)28-7-9-30-10-8-28/h2-6,11-12,19-20,23H,7-10,13-15H2,1H3,(H,26,29). The number of fused-ring (bicyclic) bond motifs is 1. The van der Waals surface area contributed by atoms with Crippen molar-refractivity contribution in [3.05, 3.63) is 59.4 Å². The first-order chi connectivity index (χ1) is 14.6. The minimum atomic E-state index is -0.296. The van der Waals surface area contributed by atoms with E-state index in [2.05, 4.69) is 41.4 Å². The summed E-state index contributed by atoms with van der Waals surface area (Å²) in [6.07, 6.45) is 0. The van der Waals surface area contributed by atoms with Crippen LogP contribution >= 0.6 is 0 Å². The maximum atomic E-state index is 14.6. The Hall–Kier alpha value is -2.44. The monoisotopic (exact) mass is 409 g/mol. The van der Waals surface area contributed by atoms with Gasteiger partial charge in [0.1, 0.15) is 5.82 Å². The number of nitrogens with one attached hydrogen (secondary N) is 1. The van der Waals surface area contributed by atoms with Crippen LogP contribution in [0.2, 0.25) is 0 Å². The van der Waals surface area contributed by atoms with Crippen LogP contribution in [0.4, 0.5) is 15.8 Å². The molecule has 1 aliphatic carbocycles. The molecular weight excluding hydrogens is 381 g/mol. The lowest BCUT2D eigenvalue weighted by atomic mass is 10.1. The Bertz CT molecular complexity index is 932. The summed E-state index contributed by atoms with van der Waals surface area (Å²) in [5.41, 5.74) is 3.72. The van der Waals surface area contributed by atoms with Crippen molar-refractivity contribution in [1.82, 2.24) is 4.90 Å². The van der Waals surface area contributed by atoms with E-state index in [-0.39, 0.29) is 17.6 Å². The number of benzene rings is 2. The van der Waals surface area contributed by atoms with Crippen molar-refractivity contribution in [3.63, 3.8) is 0 Å². The van der Waals surface area contributed by atoms with Crippen LogP contribution in [0.15, 0.2) is 42.5 Å². The van der Waals surface area contributed by atoms with Gasteiger partial charge in [0, 0.05) is 44.3 Å². The molecule has 0 spiro atoms. The van der Waals surface area contributed by atoms with E-state index in [9.17, 15) is 9.18 Å². The molecule has 30 heavy (non-hydrogen) atoms. The van der Waals surface area contributed by atoms with Crippen LogP contribution in [-0.2, 0) is 16.1 Å². The van der Waals surface area contributed by atoms with Gasteiger partial charge in [-0.3, -0.25) is 9.69 Å². The Morgan fingerprint density at radius 1 is 1.13 bits per heavy atom. The first kappa shape index (κ1) is 19.5. The number of aryl methyl sites for hydroxylation is 1. The molecule has 5 rings (SSSR count). The number of amides is 1. The van der Waals surface area contributed by atoms with Crippen molar-refractivity contribution < 1.29 is 13.9 Å². The quantitative estimate of drug-likeness (QED) is 0.823. The van der Waals surface area contributed by atoms with Crippen molar-refractivity contribution in [2.45, 2.75) is 13.5 Å². The van der Waals surface area contributed by atoms with Crippen LogP contribution in [0.5, 0.6) is 0 Å². The molecule has 6 heteroatoms. The minimum absolute atomic E-state index is 0.0266. The summed E-state index contributed by atoms with van der Waals surface area (Å²) in [7, 11) is 0. The third-order valence-corrected chi connectivity index (χ3v) is 6.63. The fourth-order valence-corrected chi connectivity index (χ4v) is 5.07. The summed E-state index contributed by atoms with van der Waals surface area (Å²) in [6, 6.07) is 13.6. The second-order valence-electron chi connectivity index (χ2n) is 8.79. The van der Waals surface area contributed by atoms with Crippen molar-refractivity contribution in [3.8, 4) is 0 Å². The second kappa shape index (κ2) is 8.00. The van der Waals surface area contributed by atoms with Crippen LogP contribution in [0, 0.1) is 30.5 Å². The van der Waals surface area contributed by atoms with Crippen molar-refractivity contribution in [2.75, 3.05) is 49.6 Å². The number of morpholine rings is 1. The van der Waals surface area contributed by atoms with Crippen molar-refractivity contribution in [1.29, 1.82) is 0 Å². The van der Waals surface area contributed by atoms with Gasteiger partial charge in [-0.25, -0.2) is 4.39 Å². The highest BCUT2D eigenvalue weighted by atomic mass is 19.1. The molecule has 2 saturated heterocycles. The SMILES string of the molecule is Cc1cccc(CN2CC3C(C2)C3C(=O)Nc2ccc(N3CCOCC3)c(F)c2)c1. The molecule has 2 aromatic carbocycles. The number of hydrogen-bond acceptors (Lipinski definition) is 4. The zero-order valence-corrected chi connectivity index (χ0v) is 17.3. The maximum Gasteiger partial charge on any atom is 0.228 e. The van der Waals surface area contributed by atoms with E-state index in [1.807, 2.05) is 4.90 Å². The highest BCUT2D eigenvalue weighted by Gasteiger charge is 2.59. The molecule has 2 heterocycles. The van der Waals surface area contributed by atoms with Gasteiger partial charge in [-0.1, -0.05) is 29.8 Å². The van der Waals surface area contributed by atoms with E-state index in [0.717, 1.165) is 19.6 Å². The van der Waals surface area contributed by atoms with Gasteiger partial charge in [-0.2, -0.15) is 0 Å². The number of carbonyl (C=O) groups is 1. The molecule has 2 aliphatic heterocycles. The Kier molecular flexibility index (Phi) is 5.21. The first-order valence-electron chi connectivity index (χ1n) is 10.8. The van der Waals surface area contributed by atoms with Crippen molar-refractivity contribution >= 4 is 17.3 Å². The molecule has 158 valence electrons. The van der Waals surface area contributed by atoms with Crippen LogP contribution in [-0.4, -0.2) is 50.2 Å². The smallest absolute Gasteiger partial charge is 0.228 e. The average molecular weight is 410 g/mol. The number of carbonyl (C=O) groups excluding carboxylic acids is 1. The largest absolute Gasteiger partial charge is 0.378 e. The van der Waals surface area contributed by atoms with Gasteiger partial charge < -0.3 is 15.0 Å². The Morgan fingerprint density at radius 3 is 2.60 bits per heavy atom. The summed E-state index contributed by atoms with van der Waals surface area (Å²) in [5.74, 6) is 0.633. The summed E-state index contributed by atoms with van der Waals surface area (Å²) in [5, 5.41) is 2.93. The minimum Gasteiger partial charge on any atom is -0.378 e. The molecule has 2 unspecified atom stereocenters. The topological polar surface area (TPSA) is 44.8 Å². The number of nitrogens with zero attached hydrogens (tertiary/aromatic N) is 2. The van der Waals surface area contributed by atoms with E-state index >= 15 is 0 Å². The number of likely N-dealkylation sites (tertiary alicyclic amines) is 1. The number of rotatable bonds is 5. The number of anilines is 2. The lowest BCUT2D eigenvalue weighted by Gasteiger charge is -2.29. The molecule has 2 aromatic rings. The zero-order chi connectivity index (χ0) is 20.7. The molecule has 0 radical (unpaired) electrons. The van der Waals surface area contributed by atoms with Gasteiger partial charge in [0.05, 0.1) is 18.9 Å². The molecule has 1 amide bonds. The summed E-state index contributed by atoms with van der Waals surface area (Å²) < 4.78 is 19.9. The van der Waals surface area contributed by atoms with Crippen LogP contribution in [0.25, 0.3) is 0 Å². The summed E-state index contributed by atoms with van der Waals surface area (Å²) in [4.78, 5) is 17.1. The fraction of sp³-hybridized carbons (Fsp3) is 0.458. The predicted molar refractivity (Wildman–Crippen MR) is 115 cm³/mol. The zero-order valence-electron chi connectivity index (χ0n) is 17.3. The predicted octanol–water partition coefficient (Wildman–Crippen LogP) is 3.29. The van der Waals surface area contributed by atoms with Gasteiger partial charge in [-0.05, 0) is 42.5 Å². The molecule has 0 aromatic heterocycles. The van der Waals surface area contributed by atoms with Crippen molar-refractivity contribution in [2.24, 2.45) is 17.8 Å². The Labute approximate surface area is 176 Å². The lowest BCUT2D eigenvalue weighted by molar-refractivity contribution is -0.118. The normalized spacial score (nSPS) is 25.8. The number of hydrogen-bond donors (Lipinski definition) is 1. The highest BCUT2D eigenvalue weighted by molar-refractivity contribution is 5.95. The molecule has 1 N–H and O–H groups in total. The van der Waals surface area contributed by atoms with Crippen LogP contribution in [0.3, 0.4) is 0 Å². The molecule has 3 fully saturated rings. The third kappa shape index (κ3) is 3.94. The second-order valence-corrected chi connectivity index (χ2v) is 8.79. The third-order valence-electron chi connectivity index (χ3n) is 6.63.